The highest BCUT2D eigenvalue weighted by Crippen LogP contribution is 1.97. The molecule has 0 aliphatic heterocycles. The Morgan fingerprint density at radius 3 is 3.13 bits per heavy atom. The van der Waals surface area contributed by atoms with Crippen LogP contribution in [0, 0.1) is 0 Å². The standard InChI is InChI=1S/C10H15N3O2/c1-2-13-8-9(7-12-13)6-11-5-3-4-10(14)15/h2,7-8,11H,1,3-6H2,(H,14,15). The normalized spacial score (nSPS) is 10.1. The van der Waals surface area contributed by atoms with E-state index in [4.69, 9.17) is 5.11 Å². The van der Waals surface area contributed by atoms with Crippen molar-refractivity contribution in [3.8, 4) is 0 Å². The highest BCUT2D eigenvalue weighted by atomic mass is 16.4. The topological polar surface area (TPSA) is 67.2 Å². The van der Waals surface area contributed by atoms with Crippen LogP contribution in [0.4, 0.5) is 0 Å². The number of carboxylic acid groups (broad SMARTS) is 1. The minimum absolute atomic E-state index is 0.207. The molecule has 0 amide bonds. The molecule has 0 aliphatic rings. The van der Waals surface area contributed by atoms with Crippen LogP contribution in [0.15, 0.2) is 19.0 Å². The van der Waals surface area contributed by atoms with E-state index in [-0.39, 0.29) is 6.42 Å². The molecule has 0 unspecified atom stereocenters. The molecule has 5 heteroatoms. The molecular formula is C10H15N3O2. The quantitative estimate of drug-likeness (QED) is 0.656. The third kappa shape index (κ3) is 4.42. The number of nitrogens with one attached hydrogen (secondary N) is 1. The van der Waals surface area contributed by atoms with Crippen LogP contribution in [0.25, 0.3) is 6.20 Å². The van der Waals surface area contributed by atoms with Gasteiger partial charge in [-0.15, -0.1) is 0 Å². The minimum Gasteiger partial charge on any atom is -0.481 e. The molecule has 0 bridgehead atoms. The van der Waals surface area contributed by atoms with E-state index in [0.29, 0.717) is 19.5 Å². The number of carbonyl (C=O) groups is 1. The maximum Gasteiger partial charge on any atom is 0.303 e. The van der Waals surface area contributed by atoms with Crippen molar-refractivity contribution in [1.82, 2.24) is 15.1 Å². The van der Waals surface area contributed by atoms with E-state index in [1.54, 1.807) is 17.1 Å². The first kappa shape index (κ1) is 11.5. The number of hydrogen-bond acceptors (Lipinski definition) is 3. The molecule has 0 aromatic carbocycles. The Bertz CT molecular complexity index is 333. The Hall–Kier alpha value is -1.62. The fourth-order valence-corrected chi connectivity index (χ4v) is 1.17. The van der Waals surface area contributed by atoms with Gasteiger partial charge in [0.2, 0.25) is 0 Å². The van der Waals surface area contributed by atoms with Crippen LogP contribution in [-0.4, -0.2) is 27.4 Å². The Labute approximate surface area is 88.4 Å². The smallest absolute Gasteiger partial charge is 0.303 e. The average Bonchev–Trinajstić information content (AvgIpc) is 2.65. The highest BCUT2D eigenvalue weighted by Gasteiger charge is 1.97. The summed E-state index contributed by atoms with van der Waals surface area (Å²) in [6, 6.07) is 0. The van der Waals surface area contributed by atoms with Crippen molar-refractivity contribution in [1.29, 1.82) is 0 Å². The summed E-state index contributed by atoms with van der Waals surface area (Å²) in [5, 5.41) is 15.6. The fraction of sp³-hybridized carbons (Fsp3) is 0.400. The molecule has 15 heavy (non-hydrogen) atoms. The predicted molar refractivity (Wildman–Crippen MR) is 57.2 cm³/mol. The lowest BCUT2D eigenvalue weighted by molar-refractivity contribution is -0.137. The molecule has 1 heterocycles. The maximum atomic E-state index is 10.2. The van der Waals surface area contributed by atoms with Gasteiger partial charge in [0.25, 0.3) is 0 Å². The monoisotopic (exact) mass is 209 g/mol. The zero-order valence-corrected chi connectivity index (χ0v) is 8.52. The van der Waals surface area contributed by atoms with Crippen molar-refractivity contribution in [2.45, 2.75) is 19.4 Å². The average molecular weight is 209 g/mol. The highest BCUT2D eigenvalue weighted by molar-refractivity contribution is 5.66. The number of aliphatic carboxylic acids is 1. The summed E-state index contributed by atoms with van der Waals surface area (Å²) in [5.41, 5.74) is 1.06. The van der Waals surface area contributed by atoms with Crippen molar-refractivity contribution < 1.29 is 9.90 Å². The molecule has 5 nitrogen and oxygen atoms in total. The molecule has 0 saturated carbocycles. The van der Waals surface area contributed by atoms with Gasteiger partial charge in [-0.25, -0.2) is 4.68 Å². The lowest BCUT2D eigenvalue weighted by Gasteiger charge is -2.00. The molecule has 0 spiro atoms. The molecular weight excluding hydrogens is 194 g/mol. The summed E-state index contributed by atoms with van der Waals surface area (Å²) < 4.78 is 1.63. The van der Waals surface area contributed by atoms with Gasteiger partial charge in [-0.05, 0) is 13.0 Å². The van der Waals surface area contributed by atoms with Gasteiger partial charge in [0, 0.05) is 30.9 Å². The molecule has 0 aliphatic carbocycles. The summed E-state index contributed by atoms with van der Waals surface area (Å²) >= 11 is 0. The summed E-state index contributed by atoms with van der Waals surface area (Å²) in [4.78, 5) is 10.2. The van der Waals surface area contributed by atoms with E-state index < -0.39 is 5.97 Å². The molecule has 1 aromatic heterocycles. The fourth-order valence-electron chi connectivity index (χ4n) is 1.17. The van der Waals surface area contributed by atoms with Crippen LogP contribution in [0.1, 0.15) is 18.4 Å². The Kier molecular flexibility index (Phi) is 4.56. The summed E-state index contributed by atoms with van der Waals surface area (Å²) in [5.74, 6) is -0.753. The third-order valence-corrected chi connectivity index (χ3v) is 1.92. The van der Waals surface area contributed by atoms with Crippen LogP contribution >= 0.6 is 0 Å². The van der Waals surface area contributed by atoms with Gasteiger partial charge in [-0.1, -0.05) is 6.58 Å². The zero-order chi connectivity index (χ0) is 11.1. The number of hydrogen-bond donors (Lipinski definition) is 2. The van der Waals surface area contributed by atoms with Gasteiger partial charge in [-0.2, -0.15) is 5.10 Å². The van der Waals surface area contributed by atoms with Crippen molar-refractivity contribution in [2.75, 3.05) is 6.54 Å². The summed E-state index contributed by atoms with van der Waals surface area (Å²) in [6.07, 6.45) is 6.10. The second kappa shape index (κ2) is 5.98. The van der Waals surface area contributed by atoms with Crippen LogP contribution in [0.2, 0.25) is 0 Å². The van der Waals surface area contributed by atoms with Crippen LogP contribution in [-0.2, 0) is 11.3 Å². The second-order valence-corrected chi connectivity index (χ2v) is 3.19. The van der Waals surface area contributed by atoms with Crippen LogP contribution < -0.4 is 5.32 Å². The summed E-state index contributed by atoms with van der Waals surface area (Å²) in [7, 11) is 0. The molecule has 82 valence electrons. The van der Waals surface area contributed by atoms with Crippen LogP contribution in [0.5, 0.6) is 0 Å². The third-order valence-electron chi connectivity index (χ3n) is 1.92. The zero-order valence-electron chi connectivity index (χ0n) is 8.52. The molecule has 2 N–H and O–H groups in total. The first-order valence-corrected chi connectivity index (χ1v) is 4.80. The van der Waals surface area contributed by atoms with Gasteiger partial charge in [-0.3, -0.25) is 4.79 Å². The SMILES string of the molecule is C=Cn1cc(CNCCCC(=O)O)cn1. The van der Waals surface area contributed by atoms with Gasteiger partial charge in [0.05, 0.1) is 6.20 Å². The Morgan fingerprint density at radius 2 is 2.53 bits per heavy atom. The minimum atomic E-state index is -0.753. The van der Waals surface area contributed by atoms with E-state index in [1.165, 1.54) is 0 Å². The Morgan fingerprint density at radius 1 is 1.73 bits per heavy atom. The number of nitrogens with zero attached hydrogens (tertiary/aromatic N) is 2. The van der Waals surface area contributed by atoms with Gasteiger partial charge in [0.15, 0.2) is 0 Å². The van der Waals surface area contributed by atoms with Crippen LogP contribution in [0.3, 0.4) is 0 Å². The molecule has 0 atom stereocenters. The largest absolute Gasteiger partial charge is 0.481 e. The van der Waals surface area contributed by atoms with E-state index in [1.807, 2.05) is 6.20 Å². The van der Waals surface area contributed by atoms with Crippen molar-refractivity contribution >= 4 is 12.2 Å². The van der Waals surface area contributed by atoms with Crippen molar-refractivity contribution in [3.05, 3.63) is 24.5 Å². The molecule has 0 fully saturated rings. The first-order valence-electron chi connectivity index (χ1n) is 4.80. The first-order chi connectivity index (χ1) is 7.22. The predicted octanol–water partition coefficient (Wildman–Crippen LogP) is 0.938. The molecule has 1 rings (SSSR count). The van der Waals surface area contributed by atoms with E-state index in [9.17, 15) is 4.79 Å². The van der Waals surface area contributed by atoms with Crippen molar-refractivity contribution in [2.24, 2.45) is 0 Å². The number of carboxylic acids is 1. The van der Waals surface area contributed by atoms with E-state index in [2.05, 4.69) is 17.0 Å². The Balaban J connectivity index is 2.14. The van der Waals surface area contributed by atoms with Gasteiger partial charge >= 0.3 is 5.97 Å². The van der Waals surface area contributed by atoms with Gasteiger partial charge < -0.3 is 10.4 Å². The number of aromatic nitrogens is 2. The number of rotatable bonds is 7. The lowest BCUT2D eigenvalue weighted by Crippen LogP contribution is -2.15. The summed E-state index contributed by atoms with van der Waals surface area (Å²) in [6.45, 7) is 4.99. The molecule has 0 saturated heterocycles. The van der Waals surface area contributed by atoms with Gasteiger partial charge in [0.1, 0.15) is 0 Å². The maximum absolute atomic E-state index is 10.2. The van der Waals surface area contributed by atoms with E-state index in [0.717, 1.165) is 5.56 Å². The van der Waals surface area contributed by atoms with E-state index >= 15 is 0 Å². The molecule has 0 radical (unpaired) electrons. The van der Waals surface area contributed by atoms with Crippen molar-refractivity contribution in [3.63, 3.8) is 0 Å². The second-order valence-electron chi connectivity index (χ2n) is 3.19. The lowest BCUT2D eigenvalue weighted by atomic mass is 10.3. The molecule has 1 aromatic rings.